The maximum atomic E-state index is 11.8. The third-order valence-electron chi connectivity index (χ3n) is 6.27. The van der Waals surface area contributed by atoms with Gasteiger partial charge >= 0.3 is 0 Å². The predicted molar refractivity (Wildman–Crippen MR) is 134 cm³/mol. The van der Waals surface area contributed by atoms with Gasteiger partial charge < -0.3 is 19.3 Å². The van der Waals surface area contributed by atoms with Crippen molar-refractivity contribution in [1.82, 2.24) is 0 Å². The van der Waals surface area contributed by atoms with Crippen molar-refractivity contribution in [2.75, 3.05) is 6.61 Å². The fourth-order valence-electron chi connectivity index (χ4n) is 4.60. The van der Waals surface area contributed by atoms with Gasteiger partial charge in [0.1, 0.15) is 23.4 Å². The fraction of sp³-hybridized carbons (Fsp3) is 0.267. The molecule has 0 radical (unpaired) electrons. The van der Waals surface area contributed by atoms with Crippen LogP contribution in [-0.2, 0) is 19.8 Å². The second kappa shape index (κ2) is 9.69. The van der Waals surface area contributed by atoms with Gasteiger partial charge in [-0.2, -0.15) is 0 Å². The minimum Gasteiger partial charge on any atom is -0.381 e. The summed E-state index contributed by atoms with van der Waals surface area (Å²) in [5.41, 5.74) is 0.337. The van der Waals surface area contributed by atoms with E-state index >= 15 is 0 Å². The van der Waals surface area contributed by atoms with Gasteiger partial charge in [0.2, 0.25) is 0 Å². The summed E-state index contributed by atoms with van der Waals surface area (Å²) >= 11 is 0. The molecule has 1 aliphatic rings. The summed E-state index contributed by atoms with van der Waals surface area (Å²) in [5, 5.41) is 11.8. The van der Waals surface area contributed by atoms with E-state index in [0.29, 0.717) is 0 Å². The zero-order valence-corrected chi connectivity index (χ0v) is 19.8. The Balaban J connectivity index is 1.82. The van der Waals surface area contributed by atoms with Crippen molar-refractivity contribution in [3.8, 4) is 0 Å². The zero-order chi connectivity index (χ0) is 24.2. The van der Waals surface area contributed by atoms with E-state index in [4.69, 9.17) is 14.2 Å². The van der Waals surface area contributed by atoms with Crippen LogP contribution in [0.15, 0.2) is 116 Å². The molecule has 176 valence electrons. The molecule has 0 spiro atoms. The average Bonchev–Trinajstić information content (AvgIpc) is 3.21. The van der Waals surface area contributed by atoms with E-state index in [1.165, 1.54) is 6.08 Å². The molecule has 0 saturated carbocycles. The van der Waals surface area contributed by atoms with Gasteiger partial charge in [-0.25, -0.2) is 0 Å². The van der Waals surface area contributed by atoms with E-state index in [1.54, 1.807) is 6.08 Å². The van der Waals surface area contributed by atoms with E-state index in [-0.39, 0.29) is 6.61 Å². The molecule has 0 aromatic heterocycles. The molecule has 1 saturated heterocycles. The lowest BCUT2D eigenvalue weighted by Gasteiger charge is -2.40. The minimum absolute atomic E-state index is 0.0797. The highest BCUT2D eigenvalue weighted by Crippen LogP contribution is 2.42. The largest absolute Gasteiger partial charge is 0.381 e. The number of hydrogen-bond donors (Lipinski definition) is 1. The monoisotopic (exact) mass is 456 g/mol. The lowest BCUT2D eigenvalue weighted by atomic mass is 9.79. The van der Waals surface area contributed by atoms with Crippen LogP contribution in [0.5, 0.6) is 0 Å². The first-order chi connectivity index (χ1) is 16.3. The van der Waals surface area contributed by atoms with Crippen LogP contribution in [0.4, 0.5) is 0 Å². The molecule has 4 rings (SSSR count). The Kier molecular flexibility index (Phi) is 6.87. The van der Waals surface area contributed by atoms with Crippen LogP contribution in [0, 0.1) is 0 Å². The number of hydrogen-bond acceptors (Lipinski definition) is 4. The summed E-state index contributed by atoms with van der Waals surface area (Å²) in [6.45, 7) is 11.3. The van der Waals surface area contributed by atoms with Gasteiger partial charge in [-0.1, -0.05) is 103 Å². The number of rotatable bonds is 9. The second-order valence-corrected chi connectivity index (χ2v) is 9.02. The fourth-order valence-corrected chi connectivity index (χ4v) is 4.60. The normalized spacial score (nSPS) is 21.5. The van der Waals surface area contributed by atoms with Crippen LogP contribution in [0.25, 0.3) is 0 Å². The third-order valence-corrected chi connectivity index (χ3v) is 6.27. The lowest BCUT2D eigenvalue weighted by Crippen LogP contribution is -2.51. The highest BCUT2D eigenvalue weighted by Gasteiger charge is 2.51. The van der Waals surface area contributed by atoms with Crippen molar-refractivity contribution in [1.29, 1.82) is 0 Å². The van der Waals surface area contributed by atoms with Crippen LogP contribution in [0.1, 0.15) is 30.5 Å². The Labute approximate surface area is 202 Å². The van der Waals surface area contributed by atoms with E-state index in [9.17, 15) is 5.11 Å². The van der Waals surface area contributed by atoms with Gasteiger partial charge in [-0.05, 0) is 30.5 Å². The van der Waals surface area contributed by atoms with Gasteiger partial charge in [0.15, 0.2) is 5.79 Å². The van der Waals surface area contributed by atoms with Crippen molar-refractivity contribution < 1.29 is 19.3 Å². The quantitative estimate of drug-likeness (QED) is 0.335. The third kappa shape index (κ3) is 4.50. The smallest absolute Gasteiger partial charge is 0.164 e. The Hall–Kier alpha value is -3.02. The van der Waals surface area contributed by atoms with Gasteiger partial charge in [-0.3, -0.25) is 0 Å². The number of aliphatic hydroxyl groups is 1. The summed E-state index contributed by atoms with van der Waals surface area (Å²) in [6, 6.07) is 30.1. The Morgan fingerprint density at radius 1 is 0.824 bits per heavy atom. The molecule has 1 aliphatic heterocycles. The van der Waals surface area contributed by atoms with Crippen LogP contribution in [-0.4, -0.2) is 35.3 Å². The van der Waals surface area contributed by atoms with Crippen molar-refractivity contribution >= 4 is 0 Å². The maximum Gasteiger partial charge on any atom is 0.164 e. The Bertz CT molecular complexity index is 998. The number of ether oxygens (including phenoxy) is 3. The average molecular weight is 457 g/mol. The first-order valence-electron chi connectivity index (χ1n) is 11.5. The van der Waals surface area contributed by atoms with Crippen LogP contribution >= 0.6 is 0 Å². The van der Waals surface area contributed by atoms with Crippen molar-refractivity contribution in [3.05, 3.63) is 133 Å². The second-order valence-electron chi connectivity index (χ2n) is 9.02. The highest BCUT2D eigenvalue weighted by molar-refractivity contribution is 5.47. The van der Waals surface area contributed by atoms with Crippen LogP contribution in [0.2, 0.25) is 0 Å². The SMILES string of the molecule is C=CC1OC(C)(C)O[C@@H]1[C@](O)(C=C)COC(c1ccccc1)(c1ccccc1)c1ccccc1. The van der Waals surface area contributed by atoms with Crippen molar-refractivity contribution in [2.24, 2.45) is 0 Å². The molecular formula is C30H32O4. The highest BCUT2D eigenvalue weighted by atomic mass is 16.8. The lowest BCUT2D eigenvalue weighted by molar-refractivity contribution is -0.176. The summed E-state index contributed by atoms with van der Waals surface area (Å²) in [7, 11) is 0. The zero-order valence-electron chi connectivity index (χ0n) is 19.8. The summed E-state index contributed by atoms with van der Waals surface area (Å²) in [5.74, 6) is -0.865. The van der Waals surface area contributed by atoms with Gasteiger partial charge in [0.05, 0.1) is 6.61 Å². The van der Waals surface area contributed by atoms with Crippen molar-refractivity contribution in [2.45, 2.75) is 43.0 Å². The molecular weight excluding hydrogens is 424 g/mol. The molecule has 4 heteroatoms. The molecule has 3 aromatic carbocycles. The summed E-state index contributed by atoms with van der Waals surface area (Å²) < 4.78 is 18.9. The molecule has 0 aliphatic carbocycles. The molecule has 3 atom stereocenters. The molecule has 1 unspecified atom stereocenters. The Morgan fingerprint density at radius 2 is 1.26 bits per heavy atom. The predicted octanol–water partition coefficient (Wildman–Crippen LogP) is 5.62. The standard InChI is InChI=1S/C30H32O4/c1-5-26-27(34-28(3,4)33-26)29(31,6-2)22-32-30(23-16-10-7-11-17-23,24-18-12-8-13-19-24)25-20-14-9-15-21-25/h5-21,26-27,31H,1-2,22H2,3-4H3/t26?,27-,29-/m0/s1. The van der Waals surface area contributed by atoms with E-state index in [2.05, 4.69) is 13.2 Å². The van der Waals surface area contributed by atoms with E-state index < -0.39 is 29.2 Å². The van der Waals surface area contributed by atoms with Crippen molar-refractivity contribution in [3.63, 3.8) is 0 Å². The molecule has 0 bridgehead atoms. The first-order valence-corrected chi connectivity index (χ1v) is 11.5. The van der Waals surface area contributed by atoms with Crippen LogP contribution in [0.3, 0.4) is 0 Å². The van der Waals surface area contributed by atoms with E-state index in [0.717, 1.165) is 16.7 Å². The summed E-state index contributed by atoms with van der Waals surface area (Å²) in [4.78, 5) is 0. The molecule has 34 heavy (non-hydrogen) atoms. The maximum absolute atomic E-state index is 11.8. The van der Waals surface area contributed by atoms with Gasteiger partial charge in [0.25, 0.3) is 0 Å². The molecule has 1 fully saturated rings. The topological polar surface area (TPSA) is 47.9 Å². The van der Waals surface area contributed by atoms with E-state index in [1.807, 2.05) is 105 Å². The van der Waals surface area contributed by atoms with Gasteiger partial charge in [-0.15, -0.1) is 13.2 Å². The molecule has 4 nitrogen and oxygen atoms in total. The summed E-state index contributed by atoms with van der Waals surface area (Å²) in [6.07, 6.45) is 1.89. The van der Waals surface area contributed by atoms with Gasteiger partial charge in [0, 0.05) is 0 Å². The minimum atomic E-state index is -1.53. The number of benzene rings is 3. The molecule has 1 N–H and O–H groups in total. The Morgan fingerprint density at radius 3 is 1.65 bits per heavy atom. The molecule has 0 amide bonds. The van der Waals surface area contributed by atoms with Crippen LogP contribution < -0.4 is 0 Å². The molecule has 1 heterocycles. The molecule has 3 aromatic rings. The first kappa shape index (κ1) is 24.1.